The second-order valence-electron chi connectivity index (χ2n) is 4.01. The molecule has 1 atom stereocenters. The van der Waals surface area contributed by atoms with Gasteiger partial charge in [-0.2, -0.15) is 0 Å². The highest BCUT2D eigenvalue weighted by Crippen LogP contribution is 2.36. The standard InChI is InChI=1S/C12H15BrClNO/c1-16-12-7-10(14)8(6-9(12)13)11-4-2-3-5-15-11/h6-7,11,15H,2-5H2,1H3. The van der Waals surface area contributed by atoms with Gasteiger partial charge in [0, 0.05) is 17.1 Å². The second-order valence-corrected chi connectivity index (χ2v) is 5.27. The Labute approximate surface area is 109 Å². The molecule has 16 heavy (non-hydrogen) atoms. The van der Waals surface area contributed by atoms with Crippen molar-refractivity contribution in [2.45, 2.75) is 25.3 Å². The molecule has 1 fully saturated rings. The fourth-order valence-corrected chi connectivity index (χ4v) is 2.89. The van der Waals surface area contributed by atoms with Gasteiger partial charge in [-0.05, 0) is 46.9 Å². The van der Waals surface area contributed by atoms with Gasteiger partial charge < -0.3 is 10.1 Å². The van der Waals surface area contributed by atoms with Gasteiger partial charge in [-0.1, -0.05) is 18.0 Å². The second kappa shape index (κ2) is 5.39. The summed E-state index contributed by atoms with van der Waals surface area (Å²) in [6.45, 7) is 1.07. The van der Waals surface area contributed by atoms with E-state index in [1.165, 1.54) is 12.8 Å². The smallest absolute Gasteiger partial charge is 0.134 e. The maximum absolute atomic E-state index is 6.27. The molecule has 0 bridgehead atoms. The van der Waals surface area contributed by atoms with Crippen LogP contribution < -0.4 is 10.1 Å². The van der Waals surface area contributed by atoms with Crippen LogP contribution >= 0.6 is 27.5 Å². The number of nitrogens with one attached hydrogen (secondary N) is 1. The summed E-state index contributed by atoms with van der Waals surface area (Å²) in [4.78, 5) is 0. The number of halogens is 2. The molecule has 1 aromatic carbocycles. The Morgan fingerprint density at radius 3 is 2.88 bits per heavy atom. The van der Waals surface area contributed by atoms with Crippen molar-refractivity contribution in [1.82, 2.24) is 5.32 Å². The topological polar surface area (TPSA) is 21.3 Å². The van der Waals surface area contributed by atoms with Crippen molar-refractivity contribution in [2.75, 3.05) is 13.7 Å². The molecule has 1 saturated heterocycles. The number of methoxy groups -OCH3 is 1. The SMILES string of the molecule is COc1cc(Cl)c(C2CCCCN2)cc1Br. The summed E-state index contributed by atoms with van der Waals surface area (Å²) >= 11 is 9.77. The van der Waals surface area contributed by atoms with Crippen LogP contribution in [-0.4, -0.2) is 13.7 Å². The summed E-state index contributed by atoms with van der Waals surface area (Å²) in [5.74, 6) is 0.782. The van der Waals surface area contributed by atoms with Gasteiger partial charge in [0.05, 0.1) is 11.6 Å². The van der Waals surface area contributed by atoms with Gasteiger partial charge in [-0.15, -0.1) is 0 Å². The maximum atomic E-state index is 6.27. The number of rotatable bonds is 2. The molecule has 0 aromatic heterocycles. The van der Waals surface area contributed by atoms with E-state index in [0.717, 1.165) is 33.8 Å². The van der Waals surface area contributed by atoms with Crippen molar-refractivity contribution in [3.8, 4) is 5.75 Å². The lowest BCUT2D eigenvalue weighted by molar-refractivity contribution is 0.404. The van der Waals surface area contributed by atoms with Crippen LogP contribution in [0.25, 0.3) is 0 Å². The zero-order chi connectivity index (χ0) is 11.5. The number of hydrogen-bond acceptors (Lipinski definition) is 2. The molecule has 0 spiro atoms. The Balaban J connectivity index is 2.29. The van der Waals surface area contributed by atoms with E-state index in [0.29, 0.717) is 6.04 Å². The van der Waals surface area contributed by atoms with E-state index in [-0.39, 0.29) is 0 Å². The quantitative estimate of drug-likeness (QED) is 0.894. The van der Waals surface area contributed by atoms with Gasteiger partial charge in [0.25, 0.3) is 0 Å². The molecule has 2 nitrogen and oxygen atoms in total. The summed E-state index contributed by atoms with van der Waals surface area (Å²) in [5.41, 5.74) is 1.16. The van der Waals surface area contributed by atoms with Gasteiger partial charge in [-0.25, -0.2) is 0 Å². The van der Waals surface area contributed by atoms with Gasteiger partial charge in [-0.3, -0.25) is 0 Å². The first-order valence-electron chi connectivity index (χ1n) is 5.48. The largest absolute Gasteiger partial charge is 0.496 e. The highest BCUT2D eigenvalue weighted by molar-refractivity contribution is 9.10. The highest BCUT2D eigenvalue weighted by atomic mass is 79.9. The minimum atomic E-state index is 0.378. The van der Waals surface area contributed by atoms with Gasteiger partial charge in [0.15, 0.2) is 0 Å². The Hall–Kier alpha value is -0.250. The zero-order valence-electron chi connectivity index (χ0n) is 9.22. The van der Waals surface area contributed by atoms with Crippen LogP contribution in [-0.2, 0) is 0 Å². The van der Waals surface area contributed by atoms with Crippen molar-refractivity contribution < 1.29 is 4.74 Å². The van der Waals surface area contributed by atoms with Gasteiger partial charge in [0.2, 0.25) is 0 Å². The lowest BCUT2D eigenvalue weighted by Crippen LogP contribution is -2.27. The molecule has 1 heterocycles. The summed E-state index contributed by atoms with van der Waals surface area (Å²) in [6, 6.07) is 4.31. The molecule has 4 heteroatoms. The van der Waals surface area contributed by atoms with Crippen LogP contribution in [0, 0.1) is 0 Å². The minimum absolute atomic E-state index is 0.378. The summed E-state index contributed by atoms with van der Waals surface area (Å²) in [6.07, 6.45) is 3.67. The van der Waals surface area contributed by atoms with Crippen molar-refractivity contribution >= 4 is 27.5 Å². The normalized spacial score (nSPS) is 20.8. The molecule has 1 aromatic rings. The molecule has 1 N–H and O–H groups in total. The predicted octanol–water partition coefficient (Wildman–Crippen LogP) is 3.93. The lowest BCUT2D eigenvalue weighted by atomic mass is 9.97. The van der Waals surface area contributed by atoms with E-state index in [1.807, 2.05) is 6.07 Å². The Bertz CT molecular complexity index is 378. The Morgan fingerprint density at radius 1 is 1.44 bits per heavy atom. The summed E-state index contributed by atoms with van der Waals surface area (Å²) in [5, 5.41) is 4.27. The molecule has 1 aliphatic rings. The third-order valence-electron chi connectivity index (χ3n) is 2.96. The molecule has 0 amide bonds. The molecule has 0 radical (unpaired) electrons. The molecule has 88 valence electrons. The fraction of sp³-hybridized carbons (Fsp3) is 0.500. The van der Waals surface area contributed by atoms with Crippen molar-refractivity contribution in [3.63, 3.8) is 0 Å². The van der Waals surface area contributed by atoms with Crippen molar-refractivity contribution in [1.29, 1.82) is 0 Å². The minimum Gasteiger partial charge on any atom is -0.496 e. The number of benzene rings is 1. The Morgan fingerprint density at radius 2 is 2.25 bits per heavy atom. The predicted molar refractivity (Wildman–Crippen MR) is 70.3 cm³/mol. The molecule has 0 aliphatic carbocycles. The third-order valence-corrected chi connectivity index (χ3v) is 3.90. The monoisotopic (exact) mass is 303 g/mol. The number of ether oxygens (including phenoxy) is 1. The molecule has 2 rings (SSSR count). The first-order chi connectivity index (χ1) is 7.72. The molecule has 1 aliphatic heterocycles. The van der Waals surface area contributed by atoms with E-state index in [4.69, 9.17) is 16.3 Å². The van der Waals surface area contributed by atoms with Crippen LogP contribution in [0.15, 0.2) is 16.6 Å². The number of piperidine rings is 1. The van der Waals surface area contributed by atoms with E-state index < -0.39 is 0 Å². The molecule has 1 unspecified atom stereocenters. The van der Waals surface area contributed by atoms with E-state index in [9.17, 15) is 0 Å². The van der Waals surface area contributed by atoms with Gasteiger partial charge >= 0.3 is 0 Å². The fourth-order valence-electron chi connectivity index (χ4n) is 2.08. The maximum Gasteiger partial charge on any atom is 0.134 e. The first-order valence-corrected chi connectivity index (χ1v) is 6.66. The van der Waals surface area contributed by atoms with Gasteiger partial charge in [0.1, 0.15) is 5.75 Å². The van der Waals surface area contributed by atoms with Crippen LogP contribution in [0.2, 0.25) is 5.02 Å². The Kier molecular flexibility index (Phi) is 4.11. The first kappa shape index (κ1) is 12.2. The average Bonchev–Trinajstić information content (AvgIpc) is 2.32. The van der Waals surface area contributed by atoms with Crippen LogP contribution in [0.5, 0.6) is 5.75 Å². The lowest BCUT2D eigenvalue weighted by Gasteiger charge is -2.25. The van der Waals surface area contributed by atoms with Crippen LogP contribution in [0.4, 0.5) is 0 Å². The molecular formula is C12H15BrClNO. The van der Waals surface area contributed by atoms with E-state index in [1.54, 1.807) is 7.11 Å². The summed E-state index contributed by atoms with van der Waals surface area (Å²) in [7, 11) is 1.65. The number of hydrogen-bond donors (Lipinski definition) is 1. The molecule has 0 saturated carbocycles. The highest BCUT2D eigenvalue weighted by Gasteiger charge is 2.19. The third kappa shape index (κ3) is 2.53. The van der Waals surface area contributed by atoms with Crippen molar-refractivity contribution in [3.05, 3.63) is 27.2 Å². The van der Waals surface area contributed by atoms with Crippen LogP contribution in [0.1, 0.15) is 30.9 Å². The van der Waals surface area contributed by atoms with E-state index >= 15 is 0 Å². The average molecular weight is 305 g/mol. The molecular weight excluding hydrogens is 289 g/mol. The summed E-state index contributed by atoms with van der Waals surface area (Å²) < 4.78 is 6.18. The van der Waals surface area contributed by atoms with E-state index in [2.05, 4.69) is 27.3 Å². The van der Waals surface area contributed by atoms with Crippen LogP contribution in [0.3, 0.4) is 0 Å². The van der Waals surface area contributed by atoms with Crippen molar-refractivity contribution in [2.24, 2.45) is 0 Å². The zero-order valence-corrected chi connectivity index (χ0v) is 11.6.